The van der Waals surface area contributed by atoms with Gasteiger partial charge < -0.3 is 9.04 Å². The van der Waals surface area contributed by atoms with Gasteiger partial charge in [0.25, 0.3) is 0 Å². The highest BCUT2D eigenvalue weighted by Gasteiger charge is 2.84. The molecule has 0 bridgehead atoms. The molecule has 1 unspecified atom stereocenters. The van der Waals surface area contributed by atoms with Crippen LogP contribution in [0.25, 0.3) is 0 Å². The Morgan fingerprint density at radius 3 is 1.24 bits per heavy atom. The van der Waals surface area contributed by atoms with Crippen LogP contribution in [0.2, 0.25) is 0 Å². The Labute approximate surface area is 164 Å². The van der Waals surface area contributed by atoms with Crippen molar-refractivity contribution in [1.29, 1.82) is 0 Å². The van der Waals surface area contributed by atoms with Gasteiger partial charge in [0.2, 0.25) is 0 Å². The Morgan fingerprint density at radius 2 is 1.07 bits per heavy atom. The number of hydrogen-bond donors (Lipinski definition) is 0. The predicted molar refractivity (Wildman–Crippen MR) is 87.1 cm³/mol. The number of quaternary nitrogens is 1. The van der Waals surface area contributed by atoms with E-state index in [0.29, 0.717) is 6.92 Å². The van der Waals surface area contributed by atoms with E-state index in [-0.39, 0.29) is 0 Å². The smallest absolute Gasteiger partial charge is 0.402 e. The fourth-order valence-corrected chi connectivity index (χ4v) is 2.79. The fourth-order valence-electron chi connectivity index (χ4n) is 2.34. The Kier molecular flexibility index (Phi) is 10.5. The highest BCUT2D eigenvalue weighted by molar-refractivity contribution is 7.86. The number of alkyl halides is 9. The summed E-state index contributed by atoms with van der Waals surface area (Å²) in [6, 6.07) is 0. The zero-order valence-electron chi connectivity index (χ0n) is 16.6. The van der Waals surface area contributed by atoms with E-state index in [1.54, 1.807) is 0 Å². The molecule has 0 N–H and O–H groups in total. The summed E-state index contributed by atoms with van der Waals surface area (Å²) in [4.78, 5) is 0. The van der Waals surface area contributed by atoms with Gasteiger partial charge in [0.15, 0.2) is 16.3 Å². The second-order valence-electron chi connectivity index (χ2n) is 6.22. The average molecular weight is 471 g/mol. The lowest BCUT2D eigenvalue weighted by atomic mass is 9.99. The monoisotopic (exact) mass is 471 g/mol. The van der Waals surface area contributed by atoms with E-state index in [1.807, 2.05) is 0 Å². The molecular weight excluding hydrogens is 445 g/mol. The van der Waals surface area contributed by atoms with E-state index in [2.05, 4.69) is 27.7 Å². The molecule has 0 heterocycles. The van der Waals surface area contributed by atoms with Crippen LogP contribution in [-0.2, 0) is 10.1 Å². The van der Waals surface area contributed by atoms with Crippen molar-refractivity contribution >= 4 is 10.1 Å². The van der Waals surface area contributed by atoms with Crippen LogP contribution in [0.1, 0.15) is 41.0 Å². The standard InChI is InChI=1S/C8H20N.C7H7F9O3S/c1-5-9(6-2,7-3)8-4;1-2-3(8)4(9,10)5(11,12)6(13,14)7(15,16)20(17,18)19/h5-8H2,1-4H3;3H,2H2,1H3,(H,17,18,19)/q+1;/p-1. The first-order chi connectivity index (χ1) is 12.7. The Morgan fingerprint density at radius 1 is 0.759 bits per heavy atom. The van der Waals surface area contributed by atoms with E-state index in [0.717, 1.165) is 0 Å². The zero-order chi connectivity index (χ0) is 24.1. The van der Waals surface area contributed by atoms with Crippen LogP contribution in [0, 0.1) is 0 Å². The van der Waals surface area contributed by atoms with Gasteiger partial charge in [-0.15, -0.1) is 0 Å². The highest BCUT2D eigenvalue weighted by Crippen LogP contribution is 2.55. The largest absolute Gasteiger partial charge is 0.743 e. The van der Waals surface area contributed by atoms with Crippen LogP contribution < -0.4 is 0 Å². The minimum Gasteiger partial charge on any atom is -0.743 e. The van der Waals surface area contributed by atoms with Crippen molar-refractivity contribution in [3.63, 3.8) is 0 Å². The van der Waals surface area contributed by atoms with Gasteiger partial charge >= 0.3 is 23.0 Å². The van der Waals surface area contributed by atoms with Crippen molar-refractivity contribution in [1.82, 2.24) is 0 Å². The van der Waals surface area contributed by atoms with Gasteiger partial charge in [0.05, 0.1) is 26.2 Å². The summed E-state index contributed by atoms with van der Waals surface area (Å²) in [5, 5.41) is -7.06. The molecule has 0 saturated carbocycles. The second kappa shape index (κ2) is 10.0. The Hall–Kier alpha value is -0.760. The van der Waals surface area contributed by atoms with Crippen LogP contribution in [0.15, 0.2) is 0 Å². The van der Waals surface area contributed by atoms with Crippen LogP contribution >= 0.6 is 0 Å². The lowest BCUT2D eigenvalue weighted by Crippen LogP contribution is -2.66. The van der Waals surface area contributed by atoms with Gasteiger partial charge in [-0.25, -0.2) is 12.8 Å². The summed E-state index contributed by atoms with van der Waals surface area (Å²) < 4.78 is 145. The third kappa shape index (κ3) is 5.69. The van der Waals surface area contributed by atoms with E-state index >= 15 is 0 Å². The van der Waals surface area contributed by atoms with E-state index in [9.17, 15) is 52.5 Å². The van der Waals surface area contributed by atoms with Crippen LogP contribution in [-0.4, -0.2) is 72.8 Å². The SMILES string of the molecule is CCC(F)C(F)(F)C(F)(F)C(F)(F)C(F)(F)S(=O)(=O)[O-].CC[N+](CC)(CC)CC. The molecule has 0 aliphatic heterocycles. The summed E-state index contributed by atoms with van der Waals surface area (Å²) in [6.07, 6.45) is -5.41. The number of halogens is 9. The normalized spacial score (nSPS) is 15.6. The molecule has 14 heteroatoms. The number of hydrogen-bond acceptors (Lipinski definition) is 3. The molecule has 0 aromatic rings. The second-order valence-corrected chi connectivity index (χ2v) is 7.65. The first-order valence-electron chi connectivity index (χ1n) is 8.68. The summed E-state index contributed by atoms with van der Waals surface area (Å²) in [7, 11) is -7.41. The maximum Gasteiger partial charge on any atom is 0.402 e. The van der Waals surface area contributed by atoms with Crippen LogP contribution in [0.4, 0.5) is 39.5 Å². The molecule has 29 heavy (non-hydrogen) atoms. The molecule has 0 aliphatic carbocycles. The van der Waals surface area contributed by atoms with Crippen molar-refractivity contribution in [2.24, 2.45) is 0 Å². The number of rotatable bonds is 10. The fraction of sp³-hybridized carbons (Fsp3) is 1.00. The molecule has 1 atom stereocenters. The topological polar surface area (TPSA) is 57.2 Å². The summed E-state index contributed by atoms with van der Waals surface area (Å²) >= 11 is 0. The molecule has 0 spiro atoms. The summed E-state index contributed by atoms with van der Waals surface area (Å²) in [5.74, 6) is -20.8. The molecule has 0 rings (SSSR count). The molecule has 4 nitrogen and oxygen atoms in total. The molecular formula is C15H26F9NO3S. The van der Waals surface area contributed by atoms with Gasteiger partial charge in [-0.3, -0.25) is 0 Å². The third-order valence-corrected chi connectivity index (χ3v) is 5.81. The van der Waals surface area contributed by atoms with Gasteiger partial charge in [0.1, 0.15) is 0 Å². The summed E-state index contributed by atoms with van der Waals surface area (Å²) in [5.41, 5.74) is 0. The molecule has 0 aromatic carbocycles. The summed E-state index contributed by atoms with van der Waals surface area (Å²) in [6.45, 7) is 14.7. The Bertz CT molecular complexity index is 591. The minimum atomic E-state index is -7.41. The molecule has 178 valence electrons. The van der Waals surface area contributed by atoms with E-state index < -0.39 is 45.7 Å². The van der Waals surface area contributed by atoms with Crippen molar-refractivity contribution in [3.8, 4) is 0 Å². The molecule has 0 aromatic heterocycles. The lowest BCUT2D eigenvalue weighted by Gasteiger charge is -2.38. The quantitative estimate of drug-likeness (QED) is 0.265. The minimum absolute atomic E-state index is 0.523. The number of nitrogens with zero attached hydrogens (tertiary/aromatic N) is 1. The van der Waals surface area contributed by atoms with Gasteiger partial charge in [-0.1, -0.05) is 6.92 Å². The molecule has 0 saturated heterocycles. The van der Waals surface area contributed by atoms with E-state index in [1.165, 1.54) is 30.7 Å². The first-order valence-corrected chi connectivity index (χ1v) is 10.1. The molecule has 0 aliphatic rings. The van der Waals surface area contributed by atoms with Gasteiger partial charge in [0, 0.05) is 0 Å². The first kappa shape index (κ1) is 30.4. The molecule has 0 fully saturated rings. The average Bonchev–Trinajstić information content (AvgIpc) is 2.62. The van der Waals surface area contributed by atoms with E-state index in [4.69, 9.17) is 0 Å². The van der Waals surface area contributed by atoms with Gasteiger partial charge in [-0.2, -0.15) is 35.1 Å². The van der Waals surface area contributed by atoms with Crippen molar-refractivity contribution in [2.75, 3.05) is 26.2 Å². The highest BCUT2D eigenvalue weighted by atomic mass is 32.2. The maximum atomic E-state index is 12.8. The predicted octanol–water partition coefficient (Wildman–Crippen LogP) is 4.66. The van der Waals surface area contributed by atoms with Crippen molar-refractivity contribution in [3.05, 3.63) is 0 Å². The maximum absolute atomic E-state index is 12.8. The zero-order valence-corrected chi connectivity index (χ0v) is 17.4. The third-order valence-electron chi connectivity index (χ3n) is 4.93. The molecule has 0 amide bonds. The van der Waals surface area contributed by atoms with Crippen LogP contribution in [0.5, 0.6) is 0 Å². The van der Waals surface area contributed by atoms with Crippen LogP contribution in [0.3, 0.4) is 0 Å². The van der Waals surface area contributed by atoms with Crippen molar-refractivity contribution in [2.45, 2.75) is 70.2 Å². The molecule has 0 radical (unpaired) electrons. The van der Waals surface area contributed by atoms with Gasteiger partial charge in [-0.05, 0) is 34.1 Å². The Balaban J connectivity index is 0. The van der Waals surface area contributed by atoms with Crippen molar-refractivity contribution < 1.29 is 57.0 Å². The lowest BCUT2D eigenvalue weighted by molar-refractivity contribution is -0.921.